The van der Waals surface area contributed by atoms with Crippen LogP contribution in [0.4, 0.5) is 11.6 Å². The van der Waals surface area contributed by atoms with E-state index in [1.165, 1.54) is 11.8 Å². The second kappa shape index (κ2) is 5.01. The van der Waals surface area contributed by atoms with Gasteiger partial charge in [0.15, 0.2) is 5.16 Å². The molecule has 0 radical (unpaired) electrons. The molecule has 0 bridgehead atoms. The molecule has 3 heterocycles. The summed E-state index contributed by atoms with van der Waals surface area (Å²) >= 11 is 1.46. The Morgan fingerprint density at radius 2 is 1.95 bits per heavy atom. The van der Waals surface area contributed by atoms with E-state index in [1.54, 1.807) is 6.07 Å². The summed E-state index contributed by atoms with van der Waals surface area (Å²) in [5.41, 5.74) is 14.4. The van der Waals surface area contributed by atoms with Crippen molar-refractivity contribution in [3.8, 4) is 0 Å². The van der Waals surface area contributed by atoms with Gasteiger partial charge in [-0.3, -0.25) is 0 Å². The molecule has 0 saturated carbocycles. The summed E-state index contributed by atoms with van der Waals surface area (Å²) in [6, 6.07) is 5.59. The molecule has 0 aliphatic rings. The number of nitrogens with two attached hydrogens (primary N) is 2. The van der Waals surface area contributed by atoms with E-state index in [2.05, 4.69) is 15.0 Å². The van der Waals surface area contributed by atoms with Gasteiger partial charge >= 0.3 is 0 Å². The number of imidazole rings is 1. The molecule has 3 rings (SSSR count). The van der Waals surface area contributed by atoms with Crippen LogP contribution in [0, 0.1) is 6.92 Å². The minimum atomic E-state index is 0.380. The minimum Gasteiger partial charge on any atom is -0.383 e. The van der Waals surface area contributed by atoms with Crippen LogP contribution in [-0.4, -0.2) is 19.4 Å². The molecule has 3 aromatic heterocycles. The SMILES string of the molecule is Cc1cccn2cc(CSc3nc(N)cc(N)n3)nc12. The third-order valence-electron chi connectivity index (χ3n) is 2.82. The van der Waals surface area contributed by atoms with Crippen LogP contribution in [0.15, 0.2) is 35.7 Å². The summed E-state index contributed by atoms with van der Waals surface area (Å²) in [6.45, 7) is 2.04. The van der Waals surface area contributed by atoms with Crippen molar-refractivity contribution < 1.29 is 0 Å². The van der Waals surface area contributed by atoms with Crippen LogP contribution in [0.5, 0.6) is 0 Å². The van der Waals surface area contributed by atoms with Crippen molar-refractivity contribution in [3.05, 3.63) is 41.9 Å². The van der Waals surface area contributed by atoms with Crippen LogP contribution >= 0.6 is 11.8 Å². The molecule has 20 heavy (non-hydrogen) atoms. The quantitative estimate of drug-likeness (QED) is 0.564. The van der Waals surface area contributed by atoms with Crippen LogP contribution in [0.25, 0.3) is 5.65 Å². The number of fused-ring (bicyclic) bond motifs is 1. The second-order valence-electron chi connectivity index (χ2n) is 4.44. The highest BCUT2D eigenvalue weighted by atomic mass is 32.2. The van der Waals surface area contributed by atoms with Crippen LogP contribution in [0.1, 0.15) is 11.3 Å². The molecule has 7 heteroatoms. The number of rotatable bonds is 3. The molecule has 0 aliphatic heterocycles. The number of nitrogen functional groups attached to an aromatic ring is 2. The fraction of sp³-hybridized carbons (Fsp3) is 0.154. The number of aryl methyl sites for hydroxylation is 1. The molecule has 0 spiro atoms. The molecule has 4 N–H and O–H groups in total. The second-order valence-corrected chi connectivity index (χ2v) is 5.39. The molecule has 0 fully saturated rings. The number of thioether (sulfide) groups is 1. The van der Waals surface area contributed by atoms with Gasteiger partial charge in [0, 0.05) is 24.2 Å². The summed E-state index contributed by atoms with van der Waals surface area (Å²) in [6.07, 6.45) is 3.99. The molecular formula is C13H14N6S. The van der Waals surface area contributed by atoms with Gasteiger partial charge in [-0.05, 0) is 18.6 Å². The minimum absolute atomic E-state index is 0.380. The molecule has 0 atom stereocenters. The lowest BCUT2D eigenvalue weighted by atomic mass is 10.3. The fourth-order valence-corrected chi connectivity index (χ4v) is 2.69. The molecule has 102 valence electrons. The molecule has 3 aromatic rings. The Labute approximate surface area is 120 Å². The Kier molecular flexibility index (Phi) is 3.19. The van der Waals surface area contributed by atoms with E-state index >= 15 is 0 Å². The predicted molar refractivity (Wildman–Crippen MR) is 80.3 cm³/mol. The van der Waals surface area contributed by atoms with Crippen molar-refractivity contribution in [2.75, 3.05) is 11.5 Å². The summed E-state index contributed by atoms with van der Waals surface area (Å²) in [5, 5.41) is 0.566. The van der Waals surface area contributed by atoms with Crippen LogP contribution in [0.2, 0.25) is 0 Å². The van der Waals surface area contributed by atoms with Crippen LogP contribution < -0.4 is 11.5 Å². The molecule has 0 saturated heterocycles. The highest BCUT2D eigenvalue weighted by Crippen LogP contribution is 2.21. The van der Waals surface area contributed by atoms with E-state index in [0.717, 1.165) is 16.9 Å². The number of aromatic nitrogens is 4. The molecule has 0 amide bonds. The van der Waals surface area contributed by atoms with Gasteiger partial charge < -0.3 is 15.9 Å². The molecule has 0 unspecified atom stereocenters. The Morgan fingerprint density at radius 3 is 2.65 bits per heavy atom. The topological polar surface area (TPSA) is 95.1 Å². The van der Waals surface area contributed by atoms with Gasteiger partial charge in [-0.25, -0.2) is 15.0 Å². The zero-order chi connectivity index (χ0) is 14.1. The first-order chi connectivity index (χ1) is 9.61. The van der Waals surface area contributed by atoms with Crippen molar-refractivity contribution in [3.63, 3.8) is 0 Å². The van der Waals surface area contributed by atoms with Gasteiger partial charge in [0.1, 0.15) is 17.3 Å². The molecule has 0 aromatic carbocycles. The van der Waals surface area contributed by atoms with Crippen molar-refractivity contribution in [1.82, 2.24) is 19.4 Å². The summed E-state index contributed by atoms with van der Waals surface area (Å²) in [5.74, 6) is 1.43. The lowest BCUT2D eigenvalue weighted by molar-refractivity contribution is 0.982. The number of pyridine rings is 1. The van der Waals surface area contributed by atoms with E-state index in [9.17, 15) is 0 Å². The number of nitrogens with zero attached hydrogens (tertiary/aromatic N) is 4. The van der Waals surface area contributed by atoms with Gasteiger partial charge in [0.25, 0.3) is 0 Å². The van der Waals surface area contributed by atoms with E-state index in [4.69, 9.17) is 11.5 Å². The van der Waals surface area contributed by atoms with E-state index < -0.39 is 0 Å². The first-order valence-corrected chi connectivity index (χ1v) is 7.06. The van der Waals surface area contributed by atoms with Crippen LogP contribution in [0.3, 0.4) is 0 Å². The Morgan fingerprint density at radius 1 is 1.20 bits per heavy atom. The standard InChI is InChI=1S/C13H14N6S/c1-8-3-2-4-19-6-9(16-12(8)19)7-20-13-17-10(14)5-11(15)18-13/h2-6H,7H2,1H3,(H4,14,15,17,18). The fourth-order valence-electron chi connectivity index (χ4n) is 1.94. The van der Waals surface area contributed by atoms with Gasteiger partial charge in [-0.15, -0.1) is 0 Å². The summed E-state index contributed by atoms with van der Waals surface area (Å²) < 4.78 is 2.01. The van der Waals surface area contributed by atoms with Crippen molar-refractivity contribution in [2.24, 2.45) is 0 Å². The summed E-state index contributed by atoms with van der Waals surface area (Å²) in [7, 11) is 0. The Balaban J connectivity index is 1.81. The first kappa shape index (κ1) is 12.7. The van der Waals surface area contributed by atoms with Crippen molar-refractivity contribution in [1.29, 1.82) is 0 Å². The van der Waals surface area contributed by atoms with E-state index in [-0.39, 0.29) is 0 Å². The normalized spacial score (nSPS) is 11.1. The summed E-state index contributed by atoms with van der Waals surface area (Å²) in [4.78, 5) is 12.9. The Hall–Kier alpha value is -2.28. The monoisotopic (exact) mass is 286 g/mol. The largest absolute Gasteiger partial charge is 0.383 e. The zero-order valence-corrected chi connectivity index (χ0v) is 11.8. The predicted octanol–water partition coefficient (Wildman–Crippen LogP) is 1.89. The highest BCUT2D eigenvalue weighted by molar-refractivity contribution is 7.98. The molecular weight excluding hydrogens is 272 g/mol. The zero-order valence-electron chi connectivity index (χ0n) is 10.9. The van der Waals surface area contributed by atoms with Gasteiger partial charge in [0.05, 0.1) is 5.69 Å². The average molecular weight is 286 g/mol. The lowest BCUT2D eigenvalue weighted by Crippen LogP contribution is -1.99. The average Bonchev–Trinajstić information content (AvgIpc) is 2.80. The highest BCUT2D eigenvalue weighted by Gasteiger charge is 2.06. The van der Waals surface area contributed by atoms with Gasteiger partial charge in [-0.1, -0.05) is 17.8 Å². The smallest absolute Gasteiger partial charge is 0.191 e. The maximum Gasteiger partial charge on any atom is 0.191 e. The molecule has 0 aliphatic carbocycles. The number of hydrogen-bond acceptors (Lipinski definition) is 6. The molecule has 6 nitrogen and oxygen atoms in total. The van der Waals surface area contributed by atoms with Crippen molar-refractivity contribution >= 4 is 29.0 Å². The Bertz CT molecular complexity index is 746. The van der Waals surface area contributed by atoms with E-state index in [0.29, 0.717) is 22.5 Å². The first-order valence-electron chi connectivity index (χ1n) is 6.08. The van der Waals surface area contributed by atoms with Gasteiger partial charge in [-0.2, -0.15) is 0 Å². The third-order valence-corrected chi connectivity index (χ3v) is 3.70. The lowest BCUT2D eigenvalue weighted by Gasteiger charge is -2.00. The van der Waals surface area contributed by atoms with Gasteiger partial charge in [0.2, 0.25) is 0 Å². The maximum atomic E-state index is 5.65. The number of anilines is 2. The third kappa shape index (κ3) is 2.53. The van der Waals surface area contributed by atoms with Crippen molar-refractivity contribution in [2.45, 2.75) is 17.8 Å². The van der Waals surface area contributed by atoms with E-state index in [1.807, 2.05) is 35.9 Å². The number of hydrogen-bond donors (Lipinski definition) is 2. The maximum absolute atomic E-state index is 5.65. The van der Waals surface area contributed by atoms with Crippen LogP contribution in [-0.2, 0) is 5.75 Å².